The van der Waals surface area contributed by atoms with Gasteiger partial charge in [-0.15, -0.1) is 0 Å². The number of hydrogen-bond donors (Lipinski definition) is 1. The van der Waals surface area contributed by atoms with Crippen LogP contribution in [-0.2, 0) is 6.54 Å². The predicted molar refractivity (Wildman–Crippen MR) is 85.8 cm³/mol. The van der Waals surface area contributed by atoms with Gasteiger partial charge in [0.05, 0.1) is 0 Å². The summed E-state index contributed by atoms with van der Waals surface area (Å²) < 4.78 is 6.85. The monoisotopic (exact) mass is 345 g/mol. The summed E-state index contributed by atoms with van der Waals surface area (Å²) in [6, 6.07) is 6.04. The average molecular weight is 347 g/mol. The van der Waals surface area contributed by atoms with Crippen molar-refractivity contribution in [3.63, 3.8) is 0 Å². The van der Waals surface area contributed by atoms with E-state index in [9.17, 15) is 0 Å². The van der Waals surface area contributed by atoms with Crippen LogP contribution in [0.5, 0.6) is 5.75 Å². The maximum absolute atomic E-state index is 5.80. The minimum absolute atomic E-state index is 0.0749. The Bertz CT molecular complexity index is 452. The van der Waals surface area contributed by atoms with E-state index in [0.29, 0.717) is 6.61 Å². The summed E-state index contributed by atoms with van der Waals surface area (Å²) in [6.07, 6.45) is 0. The van der Waals surface area contributed by atoms with Crippen LogP contribution in [-0.4, -0.2) is 12.1 Å². The zero-order valence-corrected chi connectivity index (χ0v) is 14.2. The molecule has 0 fully saturated rings. The summed E-state index contributed by atoms with van der Waals surface area (Å²) in [5, 5.41) is 3.47. The second-order valence-electron chi connectivity index (χ2n) is 5.60. The molecule has 0 heterocycles. The molecule has 0 saturated carbocycles. The molecule has 1 rings (SSSR count). The minimum Gasteiger partial charge on any atom is -0.489 e. The lowest BCUT2D eigenvalue weighted by molar-refractivity contribution is 0.343. The Balaban J connectivity index is 2.79. The van der Waals surface area contributed by atoms with Gasteiger partial charge in [-0.1, -0.05) is 27.5 Å². The Morgan fingerprint density at radius 2 is 2.11 bits per heavy atom. The van der Waals surface area contributed by atoms with Crippen molar-refractivity contribution >= 4 is 27.5 Å². The summed E-state index contributed by atoms with van der Waals surface area (Å²) in [4.78, 5) is 0. The number of benzene rings is 1. The molecule has 106 valence electrons. The highest BCUT2D eigenvalue weighted by atomic mass is 79.9. The van der Waals surface area contributed by atoms with Gasteiger partial charge in [-0.05, 0) is 51.5 Å². The van der Waals surface area contributed by atoms with Crippen molar-refractivity contribution in [2.45, 2.75) is 39.8 Å². The second-order valence-corrected chi connectivity index (χ2v) is 6.73. The van der Waals surface area contributed by atoms with Crippen molar-refractivity contribution in [3.05, 3.63) is 39.3 Å². The minimum atomic E-state index is 0.0749. The van der Waals surface area contributed by atoms with Crippen LogP contribution in [0.4, 0.5) is 0 Å². The van der Waals surface area contributed by atoms with Crippen molar-refractivity contribution in [2.24, 2.45) is 0 Å². The van der Waals surface area contributed by atoms with E-state index >= 15 is 0 Å². The molecule has 0 atom stereocenters. The van der Waals surface area contributed by atoms with E-state index in [4.69, 9.17) is 16.3 Å². The van der Waals surface area contributed by atoms with Gasteiger partial charge in [-0.2, -0.15) is 0 Å². The normalized spacial score (nSPS) is 12.6. The van der Waals surface area contributed by atoms with E-state index < -0.39 is 0 Å². The molecule has 2 nitrogen and oxygen atoms in total. The van der Waals surface area contributed by atoms with E-state index in [2.05, 4.69) is 48.1 Å². The zero-order valence-electron chi connectivity index (χ0n) is 11.9. The van der Waals surface area contributed by atoms with Crippen molar-refractivity contribution in [1.82, 2.24) is 5.32 Å². The molecule has 0 amide bonds. The Kier molecular flexibility index (Phi) is 6.37. The lowest BCUT2D eigenvalue weighted by atomic mass is 10.1. The third-order valence-electron chi connectivity index (χ3n) is 2.47. The van der Waals surface area contributed by atoms with Crippen LogP contribution in [0.3, 0.4) is 0 Å². The summed E-state index contributed by atoms with van der Waals surface area (Å²) in [5.74, 6) is 0.887. The fourth-order valence-corrected chi connectivity index (χ4v) is 1.88. The van der Waals surface area contributed by atoms with E-state index in [1.807, 2.05) is 19.1 Å². The standard InChI is InChI=1S/C15H21BrClNO/c1-11(8-17)10-19-14-6-5-13(16)7-12(14)9-18-15(2,3)4/h5-8,18H,9-10H2,1-4H3/b11-8-. The van der Waals surface area contributed by atoms with Crippen molar-refractivity contribution in [1.29, 1.82) is 0 Å². The summed E-state index contributed by atoms with van der Waals surface area (Å²) >= 11 is 9.14. The predicted octanol–water partition coefficient (Wildman–Crippen LogP) is 4.86. The molecule has 0 spiro atoms. The Labute approximate surface area is 129 Å². The highest BCUT2D eigenvalue weighted by molar-refractivity contribution is 9.10. The maximum atomic E-state index is 5.80. The van der Waals surface area contributed by atoms with E-state index in [1.165, 1.54) is 0 Å². The SMILES string of the molecule is C/C(=C/Cl)COc1ccc(Br)cc1CNC(C)(C)C. The van der Waals surface area contributed by atoms with Gasteiger partial charge in [-0.3, -0.25) is 0 Å². The molecule has 0 unspecified atom stereocenters. The summed E-state index contributed by atoms with van der Waals surface area (Å²) in [5.41, 5.74) is 3.75. The first-order valence-corrected chi connectivity index (χ1v) is 7.47. The quantitative estimate of drug-likeness (QED) is 0.822. The van der Waals surface area contributed by atoms with Crippen LogP contribution in [0.15, 0.2) is 33.8 Å². The molecule has 0 bridgehead atoms. The van der Waals surface area contributed by atoms with Crippen LogP contribution in [0.2, 0.25) is 0 Å². The first-order valence-electron chi connectivity index (χ1n) is 6.24. The largest absolute Gasteiger partial charge is 0.489 e. The molecule has 1 aromatic rings. The molecule has 0 saturated heterocycles. The van der Waals surface area contributed by atoms with Crippen LogP contribution >= 0.6 is 27.5 Å². The molecule has 0 aliphatic heterocycles. The highest BCUT2D eigenvalue weighted by Crippen LogP contribution is 2.24. The number of nitrogens with one attached hydrogen (secondary N) is 1. The summed E-state index contributed by atoms with van der Waals surface area (Å²) in [7, 11) is 0. The number of hydrogen-bond acceptors (Lipinski definition) is 2. The van der Waals surface area contributed by atoms with Crippen molar-refractivity contribution in [3.8, 4) is 5.75 Å². The first-order chi connectivity index (χ1) is 8.81. The molecular weight excluding hydrogens is 326 g/mol. The zero-order chi connectivity index (χ0) is 14.5. The van der Waals surface area contributed by atoms with Crippen molar-refractivity contribution in [2.75, 3.05) is 6.61 Å². The van der Waals surface area contributed by atoms with Gasteiger partial charge in [0.2, 0.25) is 0 Å². The number of halogens is 2. The third kappa shape index (κ3) is 6.46. The molecule has 1 N–H and O–H groups in total. The van der Waals surface area contributed by atoms with Gasteiger partial charge in [0.1, 0.15) is 12.4 Å². The maximum Gasteiger partial charge on any atom is 0.124 e. The topological polar surface area (TPSA) is 21.3 Å². The number of ether oxygens (including phenoxy) is 1. The summed E-state index contributed by atoms with van der Waals surface area (Å²) in [6.45, 7) is 9.65. The lowest BCUT2D eigenvalue weighted by Gasteiger charge is -2.22. The molecule has 0 aliphatic carbocycles. The molecule has 0 radical (unpaired) electrons. The van der Waals surface area contributed by atoms with E-state index in [0.717, 1.165) is 27.9 Å². The van der Waals surface area contributed by atoms with E-state index in [-0.39, 0.29) is 5.54 Å². The Morgan fingerprint density at radius 1 is 1.42 bits per heavy atom. The highest BCUT2D eigenvalue weighted by Gasteiger charge is 2.11. The molecule has 4 heteroatoms. The van der Waals surface area contributed by atoms with Crippen molar-refractivity contribution < 1.29 is 4.74 Å². The van der Waals surface area contributed by atoms with Gasteiger partial charge in [0.25, 0.3) is 0 Å². The second kappa shape index (κ2) is 7.32. The fourth-order valence-electron chi connectivity index (χ4n) is 1.41. The van der Waals surface area contributed by atoms with E-state index in [1.54, 1.807) is 5.54 Å². The van der Waals surface area contributed by atoms with Crippen LogP contribution < -0.4 is 10.1 Å². The smallest absolute Gasteiger partial charge is 0.124 e. The Hall–Kier alpha value is -0.510. The average Bonchev–Trinajstić information content (AvgIpc) is 2.33. The Morgan fingerprint density at radius 3 is 2.68 bits per heavy atom. The van der Waals surface area contributed by atoms with Gasteiger partial charge in [-0.25, -0.2) is 0 Å². The fraction of sp³-hybridized carbons (Fsp3) is 0.467. The molecule has 0 aromatic heterocycles. The van der Waals surface area contributed by atoms with Crippen LogP contribution in [0, 0.1) is 0 Å². The van der Waals surface area contributed by atoms with Gasteiger partial charge < -0.3 is 10.1 Å². The van der Waals surface area contributed by atoms with Gasteiger partial charge in [0.15, 0.2) is 0 Å². The number of rotatable bonds is 5. The molecule has 1 aromatic carbocycles. The molecular formula is C15H21BrClNO. The van der Waals surface area contributed by atoms with Gasteiger partial charge in [0, 0.05) is 27.7 Å². The molecule has 19 heavy (non-hydrogen) atoms. The van der Waals surface area contributed by atoms with Crippen LogP contribution in [0.1, 0.15) is 33.3 Å². The third-order valence-corrected chi connectivity index (χ3v) is 3.34. The molecule has 0 aliphatic rings. The first kappa shape index (κ1) is 16.5. The lowest BCUT2D eigenvalue weighted by Crippen LogP contribution is -2.35. The van der Waals surface area contributed by atoms with Gasteiger partial charge >= 0.3 is 0 Å². The van der Waals surface area contributed by atoms with Crippen LogP contribution in [0.25, 0.3) is 0 Å².